The van der Waals surface area contributed by atoms with Crippen LogP contribution in [0.3, 0.4) is 0 Å². The van der Waals surface area contributed by atoms with Crippen molar-refractivity contribution in [3.8, 4) is 16.9 Å². The highest BCUT2D eigenvalue weighted by Crippen LogP contribution is 2.22. The molecule has 0 spiro atoms. The smallest absolute Gasteiger partial charge is 0.319 e. The molecule has 122 valence electrons. The Morgan fingerprint density at radius 2 is 2.12 bits per heavy atom. The molecule has 0 aliphatic heterocycles. The van der Waals surface area contributed by atoms with E-state index in [1.807, 2.05) is 35.8 Å². The van der Waals surface area contributed by atoms with E-state index in [4.69, 9.17) is 4.74 Å². The molecule has 2 aromatic heterocycles. The largest absolute Gasteiger partial charge is 0.497 e. The number of ether oxygens (including phenoxy) is 1. The third-order valence-electron chi connectivity index (χ3n) is 3.43. The van der Waals surface area contributed by atoms with Crippen molar-refractivity contribution in [2.75, 3.05) is 12.4 Å². The van der Waals surface area contributed by atoms with Gasteiger partial charge in [0.1, 0.15) is 5.75 Å². The highest BCUT2D eigenvalue weighted by Gasteiger charge is 2.05. The Morgan fingerprint density at radius 3 is 2.92 bits per heavy atom. The predicted molar refractivity (Wildman–Crippen MR) is 96.4 cm³/mol. The molecule has 2 heterocycles. The van der Waals surface area contributed by atoms with Crippen LogP contribution in [0, 0.1) is 0 Å². The maximum absolute atomic E-state index is 12.0. The second-order valence-electron chi connectivity index (χ2n) is 5.13. The maximum atomic E-state index is 12.0. The molecule has 0 bridgehead atoms. The zero-order valence-electron chi connectivity index (χ0n) is 13.2. The van der Waals surface area contributed by atoms with Gasteiger partial charge in [-0.2, -0.15) is 11.3 Å². The van der Waals surface area contributed by atoms with Crippen LogP contribution in [0.4, 0.5) is 10.5 Å². The number of rotatable bonds is 5. The molecule has 5 nitrogen and oxygen atoms in total. The van der Waals surface area contributed by atoms with Gasteiger partial charge in [0.25, 0.3) is 0 Å². The second-order valence-corrected chi connectivity index (χ2v) is 5.91. The molecule has 0 saturated carbocycles. The van der Waals surface area contributed by atoms with Gasteiger partial charge in [-0.3, -0.25) is 4.98 Å². The molecule has 24 heavy (non-hydrogen) atoms. The molecule has 0 atom stereocenters. The fraction of sp³-hybridized carbons (Fsp3) is 0.111. The fourth-order valence-corrected chi connectivity index (χ4v) is 2.89. The molecule has 6 heteroatoms. The van der Waals surface area contributed by atoms with E-state index in [1.165, 1.54) is 0 Å². The Balaban J connectivity index is 1.59. The third kappa shape index (κ3) is 4.11. The van der Waals surface area contributed by atoms with Crippen molar-refractivity contribution in [1.82, 2.24) is 10.3 Å². The highest BCUT2D eigenvalue weighted by molar-refractivity contribution is 7.08. The fourth-order valence-electron chi connectivity index (χ4n) is 2.23. The lowest BCUT2D eigenvalue weighted by Gasteiger charge is -2.09. The Kier molecular flexibility index (Phi) is 5.08. The molecule has 0 aliphatic carbocycles. The summed E-state index contributed by atoms with van der Waals surface area (Å²) in [7, 11) is 1.59. The summed E-state index contributed by atoms with van der Waals surface area (Å²) in [4.78, 5) is 16.3. The van der Waals surface area contributed by atoms with E-state index in [-0.39, 0.29) is 6.03 Å². The van der Waals surface area contributed by atoms with Gasteiger partial charge in [-0.1, -0.05) is 6.07 Å². The first-order chi connectivity index (χ1) is 11.7. The van der Waals surface area contributed by atoms with E-state index in [2.05, 4.69) is 21.0 Å². The quantitative estimate of drug-likeness (QED) is 0.734. The zero-order chi connectivity index (χ0) is 16.8. The van der Waals surface area contributed by atoms with Crippen LogP contribution in [0.5, 0.6) is 5.75 Å². The molecule has 0 aliphatic rings. The minimum Gasteiger partial charge on any atom is -0.497 e. The number of urea groups is 1. The SMILES string of the molecule is COc1cccc(NC(=O)NCc2cncc(-c3ccsc3)c2)c1. The van der Waals surface area contributed by atoms with Crippen LogP contribution in [-0.4, -0.2) is 18.1 Å². The van der Waals surface area contributed by atoms with Crippen LogP contribution >= 0.6 is 11.3 Å². The topological polar surface area (TPSA) is 63.2 Å². The van der Waals surface area contributed by atoms with Gasteiger partial charge in [0.05, 0.1) is 7.11 Å². The van der Waals surface area contributed by atoms with Crippen molar-refractivity contribution >= 4 is 23.1 Å². The van der Waals surface area contributed by atoms with E-state index >= 15 is 0 Å². The summed E-state index contributed by atoms with van der Waals surface area (Å²) in [5.74, 6) is 0.695. The minimum atomic E-state index is -0.274. The molecule has 1 aromatic carbocycles. The van der Waals surface area contributed by atoms with Crippen molar-refractivity contribution < 1.29 is 9.53 Å². The normalized spacial score (nSPS) is 10.2. The van der Waals surface area contributed by atoms with Gasteiger partial charge in [-0.05, 0) is 46.2 Å². The second kappa shape index (κ2) is 7.61. The van der Waals surface area contributed by atoms with E-state index in [9.17, 15) is 4.79 Å². The minimum absolute atomic E-state index is 0.274. The van der Waals surface area contributed by atoms with E-state index in [1.54, 1.807) is 36.8 Å². The predicted octanol–water partition coefficient (Wildman–Crippen LogP) is 4.14. The summed E-state index contributed by atoms with van der Waals surface area (Å²) < 4.78 is 5.14. The lowest BCUT2D eigenvalue weighted by atomic mass is 10.1. The number of amides is 2. The molecule has 0 fully saturated rings. The Morgan fingerprint density at radius 1 is 1.21 bits per heavy atom. The molecule has 0 unspecified atom stereocenters. The number of carbonyl (C=O) groups excluding carboxylic acids is 1. The number of benzene rings is 1. The number of hydrogen-bond donors (Lipinski definition) is 2. The first-order valence-corrected chi connectivity index (χ1v) is 8.34. The zero-order valence-corrected chi connectivity index (χ0v) is 14.0. The van der Waals surface area contributed by atoms with Gasteiger partial charge in [0.15, 0.2) is 0 Å². The number of methoxy groups -OCH3 is 1. The highest BCUT2D eigenvalue weighted by atomic mass is 32.1. The number of nitrogens with zero attached hydrogens (tertiary/aromatic N) is 1. The first-order valence-electron chi connectivity index (χ1n) is 7.40. The van der Waals surface area contributed by atoms with Crippen molar-refractivity contribution in [3.63, 3.8) is 0 Å². The van der Waals surface area contributed by atoms with Crippen LogP contribution in [0.15, 0.2) is 59.6 Å². The number of pyridine rings is 1. The molecular formula is C18H17N3O2S. The molecule has 2 N–H and O–H groups in total. The lowest BCUT2D eigenvalue weighted by molar-refractivity contribution is 0.251. The van der Waals surface area contributed by atoms with Crippen LogP contribution in [0.2, 0.25) is 0 Å². The number of nitrogens with one attached hydrogen (secondary N) is 2. The van der Waals surface area contributed by atoms with Crippen molar-refractivity contribution in [3.05, 3.63) is 65.1 Å². The molecule has 0 radical (unpaired) electrons. The van der Waals surface area contributed by atoms with Gasteiger partial charge < -0.3 is 15.4 Å². The summed E-state index contributed by atoms with van der Waals surface area (Å²) >= 11 is 1.64. The number of thiophene rings is 1. The summed E-state index contributed by atoms with van der Waals surface area (Å²) in [5, 5.41) is 9.71. The molecule has 2 amide bonds. The summed E-state index contributed by atoms with van der Waals surface area (Å²) in [6, 6.07) is 11.0. The molecule has 3 rings (SSSR count). The third-order valence-corrected chi connectivity index (χ3v) is 4.11. The average molecular weight is 339 g/mol. The summed E-state index contributed by atoms with van der Waals surface area (Å²) in [6.07, 6.45) is 3.57. The summed E-state index contributed by atoms with van der Waals surface area (Å²) in [6.45, 7) is 0.404. The van der Waals surface area contributed by atoms with Gasteiger partial charge in [0, 0.05) is 36.3 Å². The van der Waals surface area contributed by atoms with E-state index in [0.29, 0.717) is 18.0 Å². The van der Waals surface area contributed by atoms with Crippen LogP contribution < -0.4 is 15.4 Å². The monoisotopic (exact) mass is 339 g/mol. The van der Waals surface area contributed by atoms with Crippen molar-refractivity contribution in [2.45, 2.75) is 6.54 Å². The summed E-state index contributed by atoms with van der Waals surface area (Å²) in [5.41, 5.74) is 3.80. The van der Waals surface area contributed by atoms with Gasteiger partial charge >= 0.3 is 6.03 Å². The number of aromatic nitrogens is 1. The van der Waals surface area contributed by atoms with E-state index in [0.717, 1.165) is 16.7 Å². The van der Waals surface area contributed by atoms with Gasteiger partial charge in [-0.25, -0.2) is 4.79 Å². The lowest BCUT2D eigenvalue weighted by Crippen LogP contribution is -2.28. The number of carbonyl (C=O) groups is 1. The standard InChI is InChI=1S/C18H17N3O2S/c1-23-17-4-2-3-16(8-17)21-18(22)20-10-13-7-15(11-19-9-13)14-5-6-24-12-14/h2-9,11-12H,10H2,1H3,(H2,20,21,22). The Labute approximate surface area is 144 Å². The Bertz CT molecular complexity index is 819. The number of anilines is 1. The van der Waals surface area contributed by atoms with Crippen LogP contribution in [-0.2, 0) is 6.54 Å². The van der Waals surface area contributed by atoms with Crippen LogP contribution in [0.1, 0.15) is 5.56 Å². The Hall–Kier alpha value is -2.86. The molecule has 3 aromatic rings. The van der Waals surface area contributed by atoms with Crippen LogP contribution in [0.25, 0.3) is 11.1 Å². The van der Waals surface area contributed by atoms with Crippen molar-refractivity contribution in [1.29, 1.82) is 0 Å². The molecule has 0 saturated heterocycles. The first kappa shape index (κ1) is 16.0. The van der Waals surface area contributed by atoms with Gasteiger partial charge in [-0.15, -0.1) is 0 Å². The number of hydrogen-bond acceptors (Lipinski definition) is 4. The van der Waals surface area contributed by atoms with Gasteiger partial charge in [0.2, 0.25) is 0 Å². The van der Waals surface area contributed by atoms with Crippen molar-refractivity contribution in [2.24, 2.45) is 0 Å². The average Bonchev–Trinajstić information content (AvgIpc) is 3.15. The van der Waals surface area contributed by atoms with E-state index < -0.39 is 0 Å². The molecular weight excluding hydrogens is 322 g/mol. The maximum Gasteiger partial charge on any atom is 0.319 e.